The highest BCUT2D eigenvalue weighted by molar-refractivity contribution is 6.03. The van der Waals surface area contributed by atoms with Crippen molar-refractivity contribution in [1.29, 1.82) is 0 Å². The molecule has 0 unspecified atom stereocenters. The summed E-state index contributed by atoms with van der Waals surface area (Å²) in [5.74, 6) is -0.588. The Morgan fingerprint density at radius 1 is 1.29 bits per heavy atom. The average Bonchev–Trinajstić information content (AvgIpc) is 3.24. The van der Waals surface area contributed by atoms with E-state index in [1.165, 1.54) is 35.1 Å². The summed E-state index contributed by atoms with van der Waals surface area (Å²) in [6, 6.07) is 6.09. The summed E-state index contributed by atoms with van der Waals surface area (Å²) in [5.41, 5.74) is 0.731. The van der Waals surface area contributed by atoms with Crippen LogP contribution in [0, 0.1) is 5.82 Å². The summed E-state index contributed by atoms with van der Waals surface area (Å²) in [5, 5.41) is 0. The molecule has 1 aromatic heterocycles. The fraction of sp³-hybridized carbons (Fsp3) is 0.364. The number of nitrogens with zero attached hydrogens (tertiary/aromatic N) is 3. The van der Waals surface area contributed by atoms with E-state index < -0.39 is 17.8 Å². The second-order valence-corrected chi connectivity index (χ2v) is 7.47. The first-order valence-electron chi connectivity index (χ1n) is 10.1. The minimum atomic E-state index is -0.735. The highest BCUT2D eigenvalue weighted by atomic mass is 19.1. The zero-order chi connectivity index (χ0) is 22.1. The number of hydrogen-bond donors (Lipinski definition) is 0. The number of halogens is 1. The zero-order valence-corrected chi connectivity index (χ0v) is 17.3. The van der Waals surface area contributed by atoms with E-state index in [2.05, 4.69) is 4.98 Å². The number of pyridine rings is 1. The molecule has 1 fully saturated rings. The van der Waals surface area contributed by atoms with Crippen LogP contribution in [0.4, 0.5) is 10.1 Å². The van der Waals surface area contributed by atoms with Crippen molar-refractivity contribution in [3.8, 4) is 11.6 Å². The van der Waals surface area contributed by atoms with Crippen molar-refractivity contribution in [2.45, 2.75) is 32.9 Å². The predicted molar refractivity (Wildman–Crippen MR) is 109 cm³/mol. The third-order valence-corrected chi connectivity index (χ3v) is 5.21. The van der Waals surface area contributed by atoms with E-state index in [4.69, 9.17) is 9.47 Å². The number of benzene rings is 1. The van der Waals surface area contributed by atoms with Gasteiger partial charge < -0.3 is 19.3 Å². The molecule has 2 aliphatic rings. The fourth-order valence-electron chi connectivity index (χ4n) is 3.81. The van der Waals surface area contributed by atoms with E-state index in [9.17, 15) is 18.8 Å². The Kier molecular flexibility index (Phi) is 5.58. The van der Waals surface area contributed by atoms with Crippen LogP contribution in [0.1, 0.15) is 36.2 Å². The molecular formula is C22H22FN3O5. The molecule has 2 amide bonds. The van der Waals surface area contributed by atoms with Crippen LogP contribution in [-0.4, -0.2) is 53.3 Å². The minimum Gasteiger partial charge on any atom is -0.479 e. The third-order valence-electron chi connectivity index (χ3n) is 5.21. The molecule has 0 spiro atoms. The van der Waals surface area contributed by atoms with Gasteiger partial charge in [0, 0.05) is 35.8 Å². The van der Waals surface area contributed by atoms with Crippen molar-refractivity contribution >= 4 is 23.3 Å². The van der Waals surface area contributed by atoms with E-state index in [-0.39, 0.29) is 35.9 Å². The summed E-state index contributed by atoms with van der Waals surface area (Å²) in [7, 11) is 0. The van der Waals surface area contributed by atoms with Crippen LogP contribution in [0.3, 0.4) is 0 Å². The van der Waals surface area contributed by atoms with Gasteiger partial charge in [0.25, 0.3) is 11.8 Å². The smallest absolute Gasteiger partial charge is 0.268 e. The van der Waals surface area contributed by atoms with Crippen molar-refractivity contribution in [2.24, 2.45) is 0 Å². The Morgan fingerprint density at radius 2 is 2.10 bits per heavy atom. The molecule has 8 nitrogen and oxygen atoms in total. The van der Waals surface area contributed by atoms with Crippen LogP contribution in [0.5, 0.6) is 11.6 Å². The monoisotopic (exact) mass is 427 g/mol. The van der Waals surface area contributed by atoms with Crippen LogP contribution in [-0.2, 0) is 16.1 Å². The number of Topliss-reactive ketones (excluding diaryl/α,β-unsaturated/α-hetero) is 1. The van der Waals surface area contributed by atoms with Crippen molar-refractivity contribution < 1.29 is 28.2 Å². The van der Waals surface area contributed by atoms with Crippen LogP contribution in [0.15, 0.2) is 30.5 Å². The third kappa shape index (κ3) is 4.08. The standard InChI is InChI=1S/C22H22FN3O5/c1-3-30-20-5-4-15(10-24-20)31-19-6-7-26(22(19)29)14-8-16-17(18(23)9-14)12-25(21(16)28)11-13(2)27/h4-5,8-10,19H,3,6-7,11-12H2,1-2H3/t19-/m1/s1. The SMILES string of the molecule is CCOc1ccc(O[C@@H]2CCN(c3cc(F)c4c(c3)C(=O)N(CC(C)=O)C4)C2=O)cn1. The van der Waals surface area contributed by atoms with Gasteiger partial charge in [0.1, 0.15) is 17.3 Å². The molecule has 2 aliphatic heterocycles. The highest BCUT2D eigenvalue weighted by Gasteiger charge is 2.37. The molecule has 1 atom stereocenters. The molecule has 162 valence electrons. The van der Waals surface area contributed by atoms with Gasteiger partial charge >= 0.3 is 0 Å². The second-order valence-electron chi connectivity index (χ2n) is 7.47. The molecule has 1 saturated heterocycles. The average molecular weight is 427 g/mol. The fourth-order valence-corrected chi connectivity index (χ4v) is 3.81. The number of carbonyl (C=O) groups excluding carboxylic acids is 3. The maximum Gasteiger partial charge on any atom is 0.268 e. The molecular weight excluding hydrogens is 405 g/mol. The first-order valence-corrected chi connectivity index (χ1v) is 10.1. The van der Waals surface area contributed by atoms with Gasteiger partial charge in [-0.15, -0.1) is 0 Å². The molecule has 0 aliphatic carbocycles. The molecule has 4 rings (SSSR count). The predicted octanol–water partition coefficient (Wildman–Crippen LogP) is 2.35. The maximum atomic E-state index is 14.7. The number of fused-ring (bicyclic) bond motifs is 1. The number of amides is 2. The highest BCUT2D eigenvalue weighted by Crippen LogP contribution is 2.32. The van der Waals surface area contributed by atoms with Crippen LogP contribution < -0.4 is 14.4 Å². The van der Waals surface area contributed by atoms with Crippen LogP contribution in [0.25, 0.3) is 0 Å². The summed E-state index contributed by atoms with van der Waals surface area (Å²) >= 11 is 0. The summed E-state index contributed by atoms with van der Waals surface area (Å²) in [6.45, 7) is 4.03. The van der Waals surface area contributed by atoms with Gasteiger partial charge in [0.15, 0.2) is 6.10 Å². The second kappa shape index (κ2) is 8.33. The van der Waals surface area contributed by atoms with E-state index in [1.807, 2.05) is 6.92 Å². The van der Waals surface area contributed by atoms with Gasteiger partial charge in [-0.25, -0.2) is 9.37 Å². The summed E-state index contributed by atoms with van der Waals surface area (Å²) < 4.78 is 25.8. The van der Waals surface area contributed by atoms with E-state index >= 15 is 0 Å². The summed E-state index contributed by atoms with van der Waals surface area (Å²) in [4.78, 5) is 43.6. The lowest BCUT2D eigenvalue weighted by molar-refractivity contribution is -0.123. The van der Waals surface area contributed by atoms with E-state index in [0.29, 0.717) is 36.9 Å². The lowest BCUT2D eigenvalue weighted by atomic mass is 10.1. The topological polar surface area (TPSA) is 89.0 Å². The Bertz CT molecular complexity index is 1040. The number of aromatic nitrogens is 1. The van der Waals surface area contributed by atoms with Crippen molar-refractivity contribution in [3.63, 3.8) is 0 Å². The largest absolute Gasteiger partial charge is 0.479 e. The molecule has 1 aromatic carbocycles. The van der Waals surface area contributed by atoms with Gasteiger partial charge in [-0.3, -0.25) is 14.4 Å². The maximum absolute atomic E-state index is 14.7. The van der Waals surface area contributed by atoms with E-state index in [1.54, 1.807) is 12.1 Å². The van der Waals surface area contributed by atoms with Crippen LogP contribution >= 0.6 is 0 Å². The normalized spacial score (nSPS) is 17.8. The summed E-state index contributed by atoms with van der Waals surface area (Å²) in [6.07, 6.45) is 1.16. The van der Waals surface area contributed by atoms with Crippen LogP contribution in [0.2, 0.25) is 0 Å². The number of ether oxygens (including phenoxy) is 2. The molecule has 0 bridgehead atoms. The number of anilines is 1. The Balaban J connectivity index is 1.49. The van der Waals surface area contributed by atoms with Gasteiger partial charge in [-0.2, -0.15) is 0 Å². The molecule has 9 heteroatoms. The molecule has 2 aromatic rings. The molecule has 3 heterocycles. The number of hydrogen-bond acceptors (Lipinski definition) is 6. The van der Waals surface area contributed by atoms with Gasteiger partial charge in [-0.1, -0.05) is 0 Å². The lowest BCUT2D eigenvalue weighted by Crippen LogP contribution is -2.32. The Hall–Kier alpha value is -3.49. The number of carbonyl (C=O) groups is 3. The van der Waals surface area contributed by atoms with E-state index in [0.717, 1.165) is 0 Å². The zero-order valence-electron chi connectivity index (χ0n) is 17.3. The molecule has 0 N–H and O–H groups in total. The molecule has 0 saturated carbocycles. The first-order chi connectivity index (χ1) is 14.9. The molecule has 0 radical (unpaired) electrons. The van der Waals surface area contributed by atoms with Crippen molar-refractivity contribution in [3.05, 3.63) is 47.4 Å². The number of ketones is 1. The molecule has 31 heavy (non-hydrogen) atoms. The van der Waals surface area contributed by atoms with Gasteiger partial charge in [-0.05, 0) is 32.0 Å². The number of rotatable bonds is 7. The van der Waals surface area contributed by atoms with Crippen molar-refractivity contribution in [2.75, 3.05) is 24.6 Å². The van der Waals surface area contributed by atoms with Gasteiger partial charge in [0.05, 0.1) is 25.9 Å². The van der Waals surface area contributed by atoms with Gasteiger partial charge in [0.2, 0.25) is 5.88 Å². The Labute approximate surface area is 178 Å². The minimum absolute atomic E-state index is 0.0459. The quantitative estimate of drug-likeness (QED) is 0.674. The first kappa shape index (κ1) is 20.8. The Morgan fingerprint density at radius 3 is 2.77 bits per heavy atom. The lowest BCUT2D eigenvalue weighted by Gasteiger charge is -2.18. The van der Waals surface area contributed by atoms with Crippen molar-refractivity contribution in [1.82, 2.24) is 9.88 Å².